The lowest BCUT2D eigenvalue weighted by molar-refractivity contribution is -0.643. The van der Waals surface area contributed by atoms with E-state index in [4.69, 9.17) is 0 Å². The van der Waals surface area contributed by atoms with E-state index in [0.717, 1.165) is 19.3 Å². The van der Waals surface area contributed by atoms with Gasteiger partial charge in [0.2, 0.25) is 5.52 Å². The zero-order valence-corrected chi connectivity index (χ0v) is 30.3. The predicted molar refractivity (Wildman–Crippen MR) is 200 cm³/mol. The Bertz CT molecular complexity index is 2260. The van der Waals surface area contributed by atoms with Crippen molar-refractivity contribution in [3.05, 3.63) is 83.0 Å². The number of alkyl halides is 1. The van der Waals surface area contributed by atoms with Crippen molar-refractivity contribution in [1.82, 2.24) is 4.40 Å². The molecule has 4 aromatic carbocycles. The minimum Gasteiger partial charge on any atom is -0.307 e. The second kappa shape index (κ2) is 9.79. The number of fused-ring (bicyclic) bond motifs is 7. The van der Waals surface area contributed by atoms with Crippen molar-refractivity contribution in [3.63, 3.8) is 0 Å². The highest BCUT2D eigenvalue weighted by Crippen LogP contribution is 2.46. The molecule has 7 rings (SSSR count). The molecule has 0 saturated heterocycles. The first kappa shape index (κ1) is 29.8. The van der Waals surface area contributed by atoms with Crippen molar-refractivity contribution in [3.8, 4) is 0 Å². The van der Waals surface area contributed by atoms with Crippen LogP contribution in [0.25, 0.3) is 59.8 Å². The summed E-state index contributed by atoms with van der Waals surface area (Å²) < 4.78 is 5.16. The van der Waals surface area contributed by atoms with Crippen LogP contribution in [0.15, 0.2) is 60.8 Å². The van der Waals surface area contributed by atoms with E-state index in [1.165, 1.54) is 82.0 Å². The Morgan fingerprint density at radius 1 is 0.682 bits per heavy atom. The number of nitrogens with zero attached hydrogens (tertiary/aromatic N) is 2. The van der Waals surface area contributed by atoms with E-state index in [-0.39, 0.29) is 14.3 Å². The summed E-state index contributed by atoms with van der Waals surface area (Å²) in [6.45, 7) is 21.2. The van der Waals surface area contributed by atoms with Crippen LogP contribution in [0.1, 0.15) is 77.6 Å². The lowest BCUT2D eigenvalue weighted by Gasteiger charge is -2.25. The Morgan fingerprint density at radius 2 is 1.39 bits per heavy atom. The second-order valence-corrected chi connectivity index (χ2v) is 19.3. The molecule has 44 heavy (non-hydrogen) atoms. The minimum absolute atomic E-state index is 0.102. The molecule has 7 aromatic rings. The molecule has 0 bridgehead atoms. The summed E-state index contributed by atoms with van der Waals surface area (Å²) in [4.78, 5) is 0. The lowest BCUT2D eigenvalue weighted by atomic mass is 9.83. The van der Waals surface area contributed by atoms with E-state index in [0.29, 0.717) is 0 Å². The Hall–Kier alpha value is -2.92. The highest BCUT2D eigenvalue weighted by molar-refractivity contribution is 14.1. The molecular formula is C41H46IN2+. The standard InChI is InChI=1S/C41H46IN2/c1-24-30-19-25(21-39(2,3)4)15-16-28(30)32(23-41(8,9)42)37-34(24)38-35-27(17-18-43(38)10)26(22-40(5,6)7)20-31-29-13-11-12-14-33(29)44(37)36(31)35/h11-20H,21-23H2,1-10H3/q+1. The quantitative estimate of drug-likeness (QED) is 0.0570. The third kappa shape index (κ3) is 4.76. The van der Waals surface area contributed by atoms with Crippen molar-refractivity contribution < 1.29 is 4.57 Å². The maximum absolute atomic E-state index is 2.66. The van der Waals surface area contributed by atoms with Crippen molar-refractivity contribution in [1.29, 1.82) is 0 Å². The molecule has 3 aromatic heterocycles. The van der Waals surface area contributed by atoms with Crippen LogP contribution in [0.3, 0.4) is 0 Å². The smallest absolute Gasteiger partial charge is 0.224 e. The maximum atomic E-state index is 2.66. The first-order valence-electron chi connectivity index (χ1n) is 16.2. The fraction of sp³-hybridized carbons (Fsp3) is 0.390. The molecule has 0 radical (unpaired) electrons. The van der Waals surface area contributed by atoms with Crippen LogP contribution in [0.2, 0.25) is 0 Å². The van der Waals surface area contributed by atoms with Crippen LogP contribution in [0, 0.1) is 17.8 Å². The van der Waals surface area contributed by atoms with Gasteiger partial charge in [-0.05, 0) is 87.6 Å². The lowest BCUT2D eigenvalue weighted by Crippen LogP contribution is -2.29. The molecule has 0 spiro atoms. The van der Waals surface area contributed by atoms with Crippen molar-refractivity contribution in [2.45, 2.75) is 85.0 Å². The first-order chi connectivity index (χ1) is 20.5. The molecule has 0 aliphatic heterocycles. The SMILES string of the molecule is Cc1c2cc(CC(C)(C)C)ccc2c(CC(C)(C)I)c2c1c1c3c(cc[n+]1C)c(CC(C)(C)C)cc1c4ccccc4n2c13. The molecule has 226 valence electrons. The van der Waals surface area contributed by atoms with Gasteiger partial charge in [-0.25, -0.2) is 4.57 Å². The zero-order valence-electron chi connectivity index (χ0n) is 28.2. The van der Waals surface area contributed by atoms with Gasteiger partial charge in [0.1, 0.15) is 7.05 Å². The average Bonchev–Trinajstić information content (AvgIpc) is 3.23. The minimum atomic E-state index is 0.102. The summed E-state index contributed by atoms with van der Waals surface area (Å²) in [5, 5.41) is 9.73. The summed E-state index contributed by atoms with van der Waals surface area (Å²) in [6, 6.07) is 21.3. The molecule has 0 aliphatic carbocycles. The normalized spacial score (nSPS) is 13.6. The summed E-state index contributed by atoms with van der Waals surface area (Å²) >= 11 is 2.66. The number of benzene rings is 4. The summed E-state index contributed by atoms with van der Waals surface area (Å²) in [6.07, 6.45) is 5.41. The number of aryl methyl sites for hydroxylation is 2. The van der Waals surface area contributed by atoms with Gasteiger partial charge in [0.15, 0.2) is 6.20 Å². The zero-order chi connectivity index (χ0) is 31.5. The molecule has 0 saturated carbocycles. The Morgan fingerprint density at radius 3 is 2.07 bits per heavy atom. The molecule has 0 amide bonds. The third-order valence-electron chi connectivity index (χ3n) is 9.36. The number of pyridine rings is 2. The fourth-order valence-electron chi connectivity index (χ4n) is 7.93. The monoisotopic (exact) mass is 693 g/mol. The second-order valence-electron chi connectivity index (χ2n) is 16.4. The molecule has 0 fully saturated rings. The Kier molecular flexibility index (Phi) is 6.62. The van der Waals surface area contributed by atoms with E-state index in [1.54, 1.807) is 0 Å². The number of halogens is 1. The summed E-state index contributed by atoms with van der Waals surface area (Å²) in [5.41, 5.74) is 11.6. The average molecular weight is 694 g/mol. The molecule has 3 heterocycles. The third-order valence-corrected chi connectivity index (χ3v) is 9.74. The van der Waals surface area contributed by atoms with Crippen molar-refractivity contribution in [2.24, 2.45) is 17.9 Å². The molecule has 0 unspecified atom stereocenters. The van der Waals surface area contributed by atoms with Gasteiger partial charge in [-0.3, -0.25) is 0 Å². The maximum Gasteiger partial charge on any atom is 0.224 e. The van der Waals surface area contributed by atoms with Crippen LogP contribution >= 0.6 is 22.6 Å². The van der Waals surface area contributed by atoms with E-state index >= 15 is 0 Å². The number of hydrogen-bond acceptors (Lipinski definition) is 0. The molecule has 3 heteroatoms. The van der Waals surface area contributed by atoms with Crippen LogP contribution < -0.4 is 4.57 Å². The number of para-hydroxylation sites is 1. The number of rotatable bonds is 4. The largest absolute Gasteiger partial charge is 0.307 e. The summed E-state index contributed by atoms with van der Waals surface area (Å²) in [5.74, 6) is 0. The molecule has 0 aliphatic rings. The van der Waals surface area contributed by atoms with Gasteiger partial charge in [-0.2, -0.15) is 0 Å². The van der Waals surface area contributed by atoms with E-state index in [2.05, 4.69) is 162 Å². The van der Waals surface area contributed by atoms with E-state index in [9.17, 15) is 0 Å². The van der Waals surface area contributed by atoms with E-state index < -0.39 is 0 Å². The van der Waals surface area contributed by atoms with Crippen LogP contribution in [-0.4, -0.2) is 7.82 Å². The van der Waals surface area contributed by atoms with Gasteiger partial charge in [-0.15, -0.1) is 0 Å². The molecule has 0 atom stereocenters. The Labute approximate surface area is 275 Å². The van der Waals surface area contributed by atoms with Gasteiger partial charge in [0, 0.05) is 20.3 Å². The number of aromatic nitrogens is 2. The highest BCUT2D eigenvalue weighted by atomic mass is 127. The van der Waals surface area contributed by atoms with Gasteiger partial charge < -0.3 is 4.40 Å². The fourth-order valence-corrected chi connectivity index (χ4v) is 8.31. The highest BCUT2D eigenvalue weighted by Gasteiger charge is 2.30. The van der Waals surface area contributed by atoms with Gasteiger partial charge in [0.25, 0.3) is 0 Å². The Balaban J connectivity index is 1.81. The predicted octanol–water partition coefficient (Wildman–Crippen LogP) is 11.2. The first-order valence-corrected chi connectivity index (χ1v) is 17.3. The molecule has 2 nitrogen and oxygen atoms in total. The van der Waals surface area contributed by atoms with Crippen molar-refractivity contribution >= 4 is 82.4 Å². The van der Waals surface area contributed by atoms with Gasteiger partial charge in [0.05, 0.1) is 27.3 Å². The van der Waals surface area contributed by atoms with Gasteiger partial charge in [-0.1, -0.05) is 114 Å². The van der Waals surface area contributed by atoms with Crippen LogP contribution in [0.5, 0.6) is 0 Å². The molecular weight excluding hydrogens is 647 g/mol. The van der Waals surface area contributed by atoms with Crippen molar-refractivity contribution in [2.75, 3.05) is 0 Å². The topological polar surface area (TPSA) is 8.29 Å². The summed E-state index contributed by atoms with van der Waals surface area (Å²) in [7, 11) is 2.25. The molecule has 0 N–H and O–H groups in total. The van der Waals surface area contributed by atoms with Gasteiger partial charge >= 0.3 is 0 Å². The van der Waals surface area contributed by atoms with E-state index in [1.807, 2.05) is 0 Å². The van der Waals surface area contributed by atoms with Crippen LogP contribution in [0.4, 0.5) is 0 Å². The number of hydrogen-bond donors (Lipinski definition) is 0. The van der Waals surface area contributed by atoms with Crippen LogP contribution in [-0.2, 0) is 26.3 Å².